The lowest BCUT2D eigenvalue weighted by Crippen LogP contribution is -2.55. The molecule has 0 spiro atoms. The van der Waals surface area contributed by atoms with E-state index in [9.17, 15) is 4.79 Å². The van der Waals surface area contributed by atoms with Gasteiger partial charge in [0, 0.05) is 31.8 Å². The van der Waals surface area contributed by atoms with Crippen LogP contribution in [0.25, 0.3) is 5.69 Å². The van der Waals surface area contributed by atoms with Crippen LogP contribution in [0.2, 0.25) is 0 Å². The van der Waals surface area contributed by atoms with Gasteiger partial charge in [0.15, 0.2) is 5.82 Å². The van der Waals surface area contributed by atoms with Crippen LogP contribution in [-0.4, -0.2) is 77.6 Å². The van der Waals surface area contributed by atoms with E-state index in [1.54, 1.807) is 49.0 Å². The molecule has 1 aromatic carbocycles. The van der Waals surface area contributed by atoms with Gasteiger partial charge in [-0.15, -0.1) is 5.10 Å². The van der Waals surface area contributed by atoms with Gasteiger partial charge in [-0.2, -0.15) is 4.68 Å². The zero-order valence-electron chi connectivity index (χ0n) is 15.9. The maximum Gasteiger partial charge on any atom is 0.242 e. The zero-order valence-corrected chi connectivity index (χ0v) is 15.9. The molecule has 0 unspecified atom stereocenters. The molecule has 2 atom stereocenters. The average Bonchev–Trinajstić information content (AvgIpc) is 3.15. The summed E-state index contributed by atoms with van der Waals surface area (Å²) in [6.45, 7) is 3.38. The summed E-state index contributed by atoms with van der Waals surface area (Å²) in [7, 11) is 4.87. The van der Waals surface area contributed by atoms with Crippen molar-refractivity contribution in [1.82, 2.24) is 30.4 Å². The van der Waals surface area contributed by atoms with E-state index in [1.807, 2.05) is 6.92 Å². The molecule has 0 saturated carbocycles. The van der Waals surface area contributed by atoms with Gasteiger partial charge < -0.3 is 24.4 Å². The van der Waals surface area contributed by atoms with E-state index in [4.69, 9.17) is 14.2 Å². The molecule has 1 aliphatic rings. The van der Waals surface area contributed by atoms with Crippen molar-refractivity contribution in [2.75, 3.05) is 34.4 Å². The lowest BCUT2D eigenvalue weighted by Gasteiger charge is -2.32. The highest BCUT2D eigenvalue weighted by Crippen LogP contribution is 2.25. The first kappa shape index (κ1) is 19.1. The Morgan fingerprint density at radius 2 is 2.04 bits per heavy atom. The fourth-order valence-corrected chi connectivity index (χ4v) is 2.96. The first-order valence-corrected chi connectivity index (χ1v) is 8.64. The number of morpholine rings is 1. The standard InChI is InChI=1S/C17H24N6O4/c1-11-16(18-5-6-27-11)17(24)22(2)10-15-19-20-21-23(15)12-7-13(25-3)9-14(8-12)26-4/h7-9,11,16,18H,5-6,10H2,1-4H3/t11-,16+/m1/s1. The second-order valence-corrected chi connectivity index (χ2v) is 6.28. The summed E-state index contributed by atoms with van der Waals surface area (Å²) in [6, 6.07) is 4.97. The minimum Gasteiger partial charge on any atom is -0.497 e. The van der Waals surface area contributed by atoms with E-state index in [-0.39, 0.29) is 24.6 Å². The van der Waals surface area contributed by atoms with E-state index < -0.39 is 0 Å². The maximum absolute atomic E-state index is 12.7. The second kappa shape index (κ2) is 8.31. The molecule has 10 nitrogen and oxygen atoms in total. The van der Waals surface area contributed by atoms with E-state index >= 15 is 0 Å². The van der Waals surface area contributed by atoms with Gasteiger partial charge in [-0.05, 0) is 17.4 Å². The highest BCUT2D eigenvalue weighted by Gasteiger charge is 2.31. The van der Waals surface area contributed by atoms with Crippen LogP contribution < -0.4 is 14.8 Å². The Hall–Kier alpha value is -2.72. The van der Waals surface area contributed by atoms with Crippen molar-refractivity contribution in [2.24, 2.45) is 0 Å². The number of hydrogen-bond acceptors (Lipinski definition) is 8. The number of aromatic nitrogens is 4. The average molecular weight is 376 g/mol. The summed E-state index contributed by atoms with van der Waals surface area (Å²) in [6.07, 6.45) is -0.188. The molecule has 1 N–H and O–H groups in total. The molecule has 3 rings (SSSR count). The summed E-state index contributed by atoms with van der Waals surface area (Å²) in [5.74, 6) is 1.69. The Balaban J connectivity index is 1.80. The maximum atomic E-state index is 12.7. The molecule has 146 valence electrons. The third-order valence-electron chi connectivity index (χ3n) is 4.45. The van der Waals surface area contributed by atoms with Gasteiger partial charge in [0.05, 0.1) is 39.2 Å². The molecule has 1 aliphatic heterocycles. The number of ether oxygens (including phenoxy) is 3. The summed E-state index contributed by atoms with van der Waals surface area (Å²) in [5, 5.41) is 15.1. The third kappa shape index (κ3) is 4.17. The number of methoxy groups -OCH3 is 2. The second-order valence-electron chi connectivity index (χ2n) is 6.28. The minimum atomic E-state index is -0.384. The van der Waals surface area contributed by atoms with Crippen molar-refractivity contribution in [3.8, 4) is 17.2 Å². The summed E-state index contributed by atoms with van der Waals surface area (Å²) in [4.78, 5) is 14.3. The number of carbonyl (C=O) groups is 1. The number of rotatable bonds is 6. The van der Waals surface area contributed by atoms with Crippen LogP contribution in [-0.2, 0) is 16.1 Å². The largest absolute Gasteiger partial charge is 0.497 e. The van der Waals surface area contributed by atoms with Crippen LogP contribution in [0.3, 0.4) is 0 Å². The molecular formula is C17H24N6O4. The fraction of sp³-hybridized carbons (Fsp3) is 0.529. The van der Waals surface area contributed by atoms with Crippen LogP contribution in [0.5, 0.6) is 11.5 Å². The van der Waals surface area contributed by atoms with Gasteiger partial charge >= 0.3 is 0 Å². The molecule has 10 heteroatoms. The minimum absolute atomic E-state index is 0.0695. The van der Waals surface area contributed by atoms with Crippen LogP contribution in [0.15, 0.2) is 18.2 Å². The number of carbonyl (C=O) groups excluding carboxylic acids is 1. The highest BCUT2D eigenvalue weighted by molar-refractivity contribution is 5.82. The Labute approximate surface area is 157 Å². The first-order valence-electron chi connectivity index (χ1n) is 8.64. The van der Waals surface area contributed by atoms with E-state index in [0.717, 1.165) is 0 Å². The van der Waals surface area contributed by atoms with Gasteiger partial charge in [-0.1, -0.05) is 0 Å². The SMILES string of the molecule is COc1cc(OC)cc(-n2nnnc2CN(C)C(=O)[C@H]2NCCO[C@@H]2C)c1. The van der Waals surface area contributed by atoms with Crippen molar-refractivity contribution >= 4 is 5.91 Å². The zero-order chi connectivity index (χ0) is 19.4. The van der Waals surface area contributed by atoms with Gasteiger partial charge in [0.25, 0.3) is 0 Å². The first-order chi connectivity index (χ1) is 13.0. The smallest absolute Gasteiger partial charge is 0.242 e. The quantitative estimate of drug-likeness (QED) is 0.752. The van der Waals surface area contributed by atoms with Crippen LogP contribution in [0, 0.1) is 0 Å². The summed E-state index contributed by atoms with van der Waals surface area (Å²) >= 11 is 0. The van der Waals surface area contributed by atoms with Crippen molar-refractivity contribution < 1.29 is 19.0 Å². The summed E-state index contributed by atoms with van der Waals surface area (Å²) in [5.41, 5.74) is 0.680. The lowest BCUT2D eigenvalue weighted by atomic mass is 10.1. The predicted octanol–water partition coefficient (Wildman–Crippen LogP) is 0.0148. The van der Waals surface area contributed by atoms with Gasteiger partial charge in [0.1, 0.15) is 17.5 Å². The fourth-order valence-electron chi connectivity index (χ4n) is 2.96. The predicted molar refractivity (Wildman–Crippen MR) is 95.9 cm³/mol. The number of tetrazole rings is 1. The summed E-state index contributed by atoms with van der Waals surface area (Å²) < 4.78 is 17.7. The van der Waals surface area contributed by atoms with Gasteiger partial charge in [-0.25, -0.2) is 0 Å². The lowest BCUT2D eigenvalue weighted by molar-refractivity contribution is -0.138. The molecule has 27 heavy (non-hydrogen) atoms. The molecular weight excluding hydrogens is 352 g/mol. The Morgan fingerprint density at radius 1 is 1.33 bits per heavy atom. The highest BCUT2D eigenvalue weighted by atomic mass is 16.5. The molecule has 1 aromatic heterocycles. The topological polar surface area (TPSA) is 104 Å². The van der Waals surface area contributed by atoms with Crippen molar-refractivity contribution in [2.45, 2.75) is 25.6 Å². The molecule has 2 aromatic rings. The van der Waals surface area contributed by atoms with Crippen molar-refractivity contribution in [3.05, 3.63) is 24.0 Å². The van der Waals surface area contributed by atoms with Gasteiger partial charge in [-0.3, -0.25) is 4.79 Å². The number of likely N-dealkylation sites (N-methyl/N-ethyl adjacent to an activating group) is 1. The third-order valence-corrected chi connectivity index (χ3v) is 4.45. The van der Waals surface area contributed by atoms with E-state index in [0.29, 0.717) is 36.2 Å². The van der Waals surface area contributed by atoms with Gasteiger partial charge in [0.2, 0.25) is 5.91 Å². The molecule has 0 bridgehead atoms. The number of nitrogens with one attached hydrogen (secondary N) is 1. The van der Waals surface area contributed by atoms with Crippen LogP contribution >= 0.6 is 0 Å². The number of nitrogens with zero attached hydrogens (tertiary/aromatic N) is 5. The van der Waals surface area contributed by atoms with Crippen molar-refractivity contribution in [1.29, 1.82) is 0 Å². The number of hydrogen-bond donors (Lipinski definition) is 1. The Morgan fingerprint density at radius 3 is 2.67 bits per heavy atom. The van der Waals surface area contributed by atoms with E-state index in [2.05, 4.69) is 20.8 Å². The van der Waals surface area contributed by atoms with Crippen molar-refractivity contribution in [3.63, 3.8) is 0 Å². The number of benzene rings is 1. The van der Waals surface area contributed by atoms with Crippen LogP contribution in [0.1, 0.15) is 12.7 Å². The molecule has 2 heterocycles. The van der Waals surface area contributed by atoms with Crippen LogP contribution in [0.4, 0.5) is 0 Å². The normalized spacial score (nSPS) is 19.6. The Kier molecular flexibility index (Phi) is 5.87. The molecule has 1 amide bonds. The molecule has 1 fully saturated rings. The number of amides is 1. The Bertz CT molecular complexity index is 773. The molecule has 0 aliphatic carbocycles. The molecule has 0 radical (unpaired) electrons. The monoisotopic (exact) mass is 376 g/mol. The van der Waals surface area contributed by atoms with E-state index in [1.165, 1.54) is 0 Å². The molecule has 1 saturated heterocycles.